The Bertz CT molecular complexity index is 1090. The third kappa shape index (κ3) is 4.22. The van der Waals surface area contributed by atoms with E-state index in [-0.39, 0.29) is 18.2 Å². The first-order chi connectivity index (χ1) is 15.0. The number of aromatic nitrogens is 2. The highest BCUT2D eigenvalue weighted by atomic mass is 16.5. The van der Waals surface area contributed by atoms with Gasteiger partial charge in [-0.05, 0) is 29.2 Å². The number of benzene rings is 2. The summed E-state index contributed by atoms with van der Waals surface area (Å²) in [5.41, 5.74) is 4.39. The zero-order valence-electron chi connectivity index (χ0n) is 17.9. The minimum absolute atomic E-state index is 0.00685. The first-order valence-corrected chi connectivity index (χ1v) is 10.3. The Morgan fingerprint density at radius 2 is 1.87 bits per heavy atom. The molecule has 0 aliphatic carbocycles. The summed E-state index contributed by atoms with van der Waals surface area (Å²) in [6, 6.07) is 16.8. The zero-order chi connectivity index (χ0) is 22.0. The van der Waals surface area contributed by atoms with Crippen LogP contribution in [0.5, 0.6) is 0 Å². The largest absolute Gasteiger partial charge is 0.378 e. The fourth-order valence-electron chi connectivity index (χ4n) is 3.80. The van der Waals surface area contributed by atoms with Gasteiger partial charge in [-0.1, -0.05) is 56.3 Å². The van der Waals surface area contributed by atoms with Crippen LogP contribution in [0.2, 0.25) is 0 Å². The lowest BCUT2D eigenvalue weighted by Crippen LogP contribution is -2.24. The number of carbonyl (C=O) groups is 2. The van der Waals surface area contributed by atoms with Crippen LogP contribution >= 0.6 is 0 Å². The van der Waals surface area contributed by atoms with E-state index in [0.717, 1.165) is 16.8 Å². The summed E-state index contributed by atoms with van der Waals surface area (Å²) >= 11 is 0. The van der Waals surface area contributed by atoms with Crippen molar-refractivity contribution in [3.8, 4) is 11.1 Å². The number of hydrogen-bond donors (Lipinski definition) is 2. The Labute approximate surface area is 181 Å². The smallest absolute Gasteiger partial charge is 0.251 e. The van der Waals surface area contributed by atoms with Crippen molar-refractivity contribution in [2.24, 2.45) is 0 Å². The van der Waals surface area contributed by atoms with Gasteiger partial charge in [-0.3, -0.25) is 9.59 Å². The third-order valence-corrected chi connectivity index (χ3v) is 5.41. The molecule has 2 aromatic carbocycles. The summed E-state index contributed by atoms with van der Waals surface area (Å²) in [6.07, 6.45) is -0.00685. The molecule has 0 bridgehead atoms. The normalized spacial score (nSPS) is 15.1. The average Bonchev–Trinajstić information content (AvgIpc) is 3.24. The van der Waals surface area contributed by atoms with Gasteiger partial charge >= 0.3 is 0 Å². The van der Waals surface area contributed by atoms with Crippen LogP contribution in [0.4, 0.5) is 11.5 Å². The lowest BCUT2D eigenvalue weighted by Gasteiger charge is -2.11. The SMILES string of the molecule is COCc1nn2c(c1-c1ccccc1)NC(=O)C2CC(=O)Nc1ccc(C(C)C)cc1. The van der Waals surface area contributed by atoms with Crippen molar-refractivity contribution in [2.75, 3.05) is 17.7 Å². The van der Waals surface area contributed by atoms with Gasteiger partial charge in [0.2, 0.25) is 5.91 Å². The molecule has 0 fully saturated rings. The van der Waals surface area contributed by atoms with Crippen LogP contribution in [0.15, 0.2) is 54.6 Å². The number of nitrogens with one attached hydrogen (secondary N) is 2. The molecule has 1 atom stereocenters. The highest BCUT2D eigenvalue weighted by Gasteiger charge is 2.37. The van der Waals surface area contributed by atoms with E-state index < -0.39 is 6.04 Å². The van der Waals surface area contributed by atoms with Gasteiger partial charge in [0.1, 0.15) is 11.9 Å². The first kappa shape index (κ1) is 20.8. The van der Waals surface area contributed by atoms with E-state index in [9.17, 15) is 9.59 Å². The van der Waals surface area contributed by atoms with Crippen molar-refractivity contribution in [1.29, 1.82) is 0 Å². The quantitative estimate of drug-likeness (QED) is 0.598. The minimum atomic E-state index is -0.710. The molecule has 7 heteroatoms. The number of amides is 2. The van der Waals surface area contributed by atoms with Gasteiger partial charge in [0, 0.05) is 18.4 Å². The molecular weight excluding hydrogens is 392 g/mol. The number of hydrogen-bond acceptors (Lipinski definition) is 4. The van der Waals surface area contributed by atoms with E-state index in [1.54, 1.807) is 11.8 Å². The van der Waals surface area contributed by atoms with Crippen molar-refractivity contribution >= 4 is 23.3 Å². The standard InChI is InChI=1S/C24H26N4O3/c1-15(2)16-9-11-18(12-10-16)25-21(29)13-20-24(30)26-23-22(17-7-5-4-6-8-17)19(14-31-3)27-28(20)23/h4-12,15,20H,13-14H2,1-3H3,(H,25,29)(H,26,30). The van der Waals surface area contributed by atoms with E-state index >= 15 is 0 Å². The van der Waals surface area contributed by atoms with Gasteiger partial charge in [-0.2, -0.15) is 5.10 Å². The maximum Gasteiger partial charge on any atom is 0.251 e. The number of ether oxygens (including phenoxy) is 1. The molecule has 1 unspecified atom stereocenters. The number of carbonyl (C=O) groups excluding carboxylic acids is 2. The van der Waals surface area contributed by atoms with Gasteiger partial charge in [0.15, 0.2) is 0 Å². The van der Waals surface area contributed by atoms with Crippen molar-refractivity contribution in [3.63, 3.8) is 0 Å². The zero-order valence-corrected chi connectivity index (χ0v) is 17.9. The Morgan fingerprint density at radius 1 is 1.16 bits per heavy atom. The second-order valence-electron chi connectivity index (χ2n) is 7.95. The van der Waals surface area contributed by atoms with Crippen LogP contribution < -0.4 is 10.6 Å². The molecule has 0 saturated carbocycles. The van der Waals surface area contributed by atoms with Crippen molar-refractivity contribution in [2.45, 2.75) is 38.8 Å². The van der Waals surface area contributed by atoms with Crippen LogP contribution in [-0.4, -0.2) is 28.7 Å². The average molecular weight is 418 g/mol. The van der Waals surface area contributed by atoms with Crippen molar-refractivity contribution in [3.05, 3.63) is 65.9 Å². The van der Waals surface area contributed by atoms with Crippen LogP contribution in [0, 0.1) is 0 Å². The molecule has 2 amide bonds. The number of rotatable bonds is 7. The van der Waals surface area contributed by atoms with Gasteiger partial charge in [0.25, 0.3) is 5.91 Å². The van der Waals surface area contributed by atoms with E-state index in [1.807, 2.05) is 54.6 Å². The molecule has 0 saturated heterocycles. The maximum atomic E-state index is 12.7. The van der Waals surface area contributed by atoms with Crippen molar-refractivity contribution in [1.82, 2.24) is 9.78 Å². The number of nitrogens with zero attached hydrogens (tertiary/aromatic N) is 2. The summed E-state index contributed by atoms with van der Waals surface area (Å²) in [6.45, 7) is 4.55. The molecule has 31 heavy (non-hydrogen) atoms. The van der Waals surface area contributed by atoms with Crippen LogP contribution in [0.1, 0.15) is 43.5 Å². The molecule has 4 rings (SSSR count). The molecule has 2 heterocycles. The summed E-state index contributed by atoms with van der Waals surface area (Å²) in [5, 5.41) is 10.4. The molecule has 1 aliphatic heterocycles. The van der Waals surface area contributed by atoms with Gasteiger partial charge in [0.05, 0.1) is 18.7 Å². The molecule has 7 nitrogen and oxygen atoms in total. The minimum Gasteiger partial charge on any atom is -0.378 e. The highest BCUT2D eigenvalue weighted by Crippen LogP contribution is 2.38. The summed E-state index contributed by atoms with van der Waals surface area (Å²) in [7, 11) is 1.60. The number of methoxy groups -OCH3 is 1. The van der Waals surface area contributed by atoms with E-state index in [4.69, 9.17) is 4.74 Å². The summed E-state index contributed by atoms with van der Waals surface area (Å²) < 4.78 is 6.92. The molecule has 0 radical (unpaired) electrons. The summed E-state index contributed by atoms with van der Waals surface area (Å²) in [4.78, 5) is 25.3. The molecule has 2 N–H and O–H groups in total. The molecule has 1 aromatic heterocycles. The van der Waals surface area contributed by atoms with Crippen LogP contribution in [0.3, 0.4) is 0 Å². The predicted octanol–water partition coefficient (Wildman–Crippen LogP) is 4.34. The lowest BCUT2D eigenvalue weighted by molar-refractivity contribution is -0.123. The Morgan fingerprint density at radius 3 is 2.52 bits per heavy atom. The van der Waals surface area contributed by atoms with Crippen LogP contribution in [-0.2, 0) is 20.9 Å². The Kier molecular flexibility index (Phi) is 5.86. The van der Waals surface area contributed by atoms with Gasteiger partial charge < -0.3 is 15.4 Å². The summed E-state index contributed by atoms with van der Waals surface area (Å²) in [5.74, 6) is 0.539. The topological polar surface area (TPSA) is 85.2 Å². The van der Waals surface area contributed by atoms with E-state index in [1.165, 1.54) is 5.56 Å². The van der Waals surface area contributed by atoms with E-state index in [0.29, 0.717) is 24.0 Å². The maximum absolute atomic E-state index is 12.7. The number of fused-ring (bicyclic) bond motifs is 1. The molecule has 160 valence electrons. The van der Waals surface area contributed by atoms with E-state index in [2.05, 4.69) is 29.6 Å². The predicted molar refractivity (Wildman–Crippen MR) is 120 cm³/mol. The molecule has 3 aromatic rings. The Hall–Kier alpha value is -3.45. The fraction of sp³-hybridized carbons (Fsp3) is 0.292. The molecule has 1 aliphatic rings. The van der Waals surface area contributed by atoms with Gasteiger partial charge in [-0.25, -0.2) is 4.68 Å². The third-order valence-electron chi connectivity index (χ3n) is 5.41. The molecular formula is C24H26N4O3. The lowest BCUT2D eigenvalue weighted by atomic mass is 10.0. The second-order valence-corrected chi connectivity index (χ2v) is 7.95. The molecule has 0 spiro atoms. The number of anilines is 2. The first-order valence-electron chi connectivity index (χ1n) is 10.3. The second kappa shape index (κ2) is 8.73. The van der Waals surface area contributed by atoms with Crippen molar-refractivity contribution < 1.29 is 14.3 Å². The van der Waals surface area contributed by atoms with Gasteiger partial charge in [-0.15, -0.1) is 0 Å². The van der Waals surface area contributed by atoms with Crippen LogP contribution in [0.25, 0.3) is 11.1 Å². The fourth-order valence-corrected chi connectivity index (χ4v) is 3.80. The highest BCUT2D eigenvalue weighted by molar-refractivity contribution is 6.04. The Balaban J connectivity index is 1.56. The monoisotopic (exact) mass is 418 g/mol.